The topological polar surface area (TPSA) is 172 Å². The molecule has 0 bridgehead atoms. The fourth-order valence-corrected chi connectivity index (χ4v) is 6.84. The molecule has 14 heteroatoms. The molecule has 0 amide bonds. The molecule has 0 spiro atoms. The lowest BCUT2D eigenvalue weighted by molar-refractivity contribution is -0.224. The molecule has 1 fully saturated rings. The summed E-state index contributed by atoms with van der Waals surface area (Å²) in [6.07, 6.45) is -2.28. The Kier molecular flexibility index (Phi) is 11.5. The van der Waals surface area contributed by atoms with E-state index in [-0.39, 0.29) is 36.7 Å². The number of aliphatic hydroxyl groups is 1. The summed E-state index contributed by atoms with van der Waals surface area (Å²) in [7, 11) is -4.43. The highest BCUT2D eigenvalue weighted by Gasteiger charge is 2.68. The van der Waals surface area contributed by atoms with Crippen molar-refractivity contribution in [3.63, 3.8) is 0 Å². The number of benzene rings is 3. The Bertz CT molecular complexity index is 1980. The van der Waals surface area contributed by atoms with Crippen LogP contribution in [0.25, 0.3) is 0 Å². The molecule has 1 saturated heterocycles. The van der Waals surface area contributed by atoms with Crippen LogP contribution >= 0.6 is 0 Å². The number of esters is 1. The van der Waals surface area contributed by atoms with Crippen LogP contribution in [0.4, 0.5) is 0 Å². The van der Waals surface area contributed by atoms with Gasteiger partial charge in [-0.3, -0.25) is 23.3 Å². The van der Waals surface area contributed by atoms with Crippen LogP contribution < -0.4 is 11.2 Å². The minimum atomic E-state index is -4.43. The van der Waals surface area contributed by atoms with Crippen molar-refractivity contribution >= 4 is 16.1 Å². The molecule has 1 unspecified atom stereocenters. The zero-order valence-corrected chi connectivity index (χ0v) is 28.8. The van der Waals surface area contributed by atoms with Gasteiger partial charge in [0.05, 0.1) is 31.3 Å². The molecule has 3 aromatic carbocycles. The van der Waals surface area contributed by atoms with Crippen molar-refractivity contribution in [1.29, 1.82) is 0 Å². The molecule has 5 rings (SSSR count). The number of aryl methyl sites for hydroxylation is 2. The largest absolute Gasteiger partial charge is 0.466 e. The van der Waals surface area contributed by atoms with Gasteiger partial charge in [0.1, 0.15) is 18.3 Å². The van der Waals surface area contributed by atoms with Gasteiger partial charge in [0, 0.05) is 25.1 Å². The number of hydrogen-bond acceptors (Lipinski definition) is 11. The molecule has 4 atom stereocenters. The minimum Gasteiger partial charge on any atom is -0.466 e. The lowest BCUT2D eigenvalue weighted by Gasteiger charge is -2.44. The van der Waals surface area contributed by atoms with Crippen LogP contribution in [0.15, 0.2) is 106 Å². The van der Waals surface area contributed by atoms with Gasteiger partial charge in [0.25, 0.3) is 15.7 Å². The quantitative estimate of drug-likeness (QED) is 0.137. The van der Waals surface area contributed by atoms with Gasteiger partial charge in [-0.2, -0.15) is 8.42 Å². The van der Waals surface area contributed by atoms with Crippen molar-refractivity contribution < 1.29 is 41.4 Å². The second kappa shape index (κ2) is 15.6. The zero-order valence-electron chi connectivity index (χ0n) is 27.9. The maximum atomic E-state index is 13.6. The van der Waals surface area contributed by atoms with E-state index >= 15 is 0 Å². The van der Waals surface area contributed by atoms with Gasteiger partial charge in [-0.15, -0.1) is 0 Å². The van der Waals surface area contributed by atoms with Crippen LogP contribution in [0.1, 0.15) is 41.8 Å². The van der Waals surface area contributed by atoms with Crippen molar-refractivity contribution in [2.75, 3.05) is 19.8 Å². The highest BCUT2D eigenvalue weighted by Crippen LogP contribution is 2.50. The van der Waals surface area contributed by atoms with E-state index in [2.05, 4.69) is 4.98 Å². The Hall–Kier alpha value is -4.44. The van der Waals surface area contributed by atoms with E-state index in [1.54, 1.807) is 36.4 Å². The maximum absolute atomic E-state index is 13.6. The molecule has 4 aromatic rings. The first-order chi connectivity index (χ1) is 23.9. The van der Waals surface area contributed by atoms with Crippen LogP contribution in [0.2, 0.25) is 0 Å². The summed E-state index contributed by atoms with van der Waals surface area (Å²) in [4.78, 5) is 39.5. The van der Waals surface area contributed by atoms with Crippen molar-refractivity contribution in [3.8, 4) is 0 Å². The number of nitrogens with one attached hydrogen (secondary N) is 1. The molecule has 0 aliphatic carbocycles. The van der Waals surface area contributed by atoms with E-state index in [1.165, 1.54) is 32.2 Å². The molecule has 2 N–H and O–H groups in total. The molecular formula is C36H40N2O11S. The Labute approximate surface area is 289 Å². The lowest BCUT2D eigenvalue weighted by Crippen LogP contribution is -2.63. The first-order valence-electron chi connectivity index (χ1n) is 15.9. The monoisotopic (exact) mass is 708 g/mol. The Morgan fingerprint density at radius 3 is 2.16 bits per heavy atom. The normalized spacial score (nSPS) is 22.0. The van der Waals surface area contributed by atoms with Crippen LogP contribution in [0.5, 0.6) is 0 Å². The molecule has 2 heterocycles. The molecule has 13 nitrogen and oxygen atoms in total. The second-order valence-corrected chi connectivity index (χ2v) is 13.8. The number of rotatable bonds is 15. The lowest BCUT2D eigenvalue weighted by atomic mass is 9.78. The van der Waals surface area contributed by atoms with Crippen molar-refractivity contribution in [3.05, 3.63) is 134 Å². The van der Waals surface area contributed by atoms with E-state index in [0.29, 0.717) is 5.56 Å². The summed E-state index contributed by atoms with van der Waals surface area (Å²) in [5.74, 6) is -0.607. The Morgan fingerprint density at radius 2 is 1.54 bits per heavy atom. The average molecular weight is 709 g/mol. The van der Waals surface area contributed by atoms with Crippen LogP contribution in [-0.4, -0.2) is 66.2 Å². The molecule has 0 saturated carbocycles. The van der Waals surface area contributed by atoms with Gasteiger partial charge in [0.2, 0.25) is 0 Å². The van der Waals surface area contributed by atoms with E-state index in [4.69, 9.17) is 23.1 Å². The third-order valence-electron chi connectivity index (χ3n) is 8.61. The smallest absolute Gasteiger partial charge is 0.330 e. The fourth-order valence-electron chi connectivity index (χ4n) is 5.88. The second-order valence-electron chi connectivity index (χ2n) is 12.2. The zero-order chi connectivity index (χ0) is 35.9. The predicted molar refractivity (Wildman–Crippen MR) is 181 cm³/mol. The van der Waals surface area contributed by atoms with Gasteiger partial charge in [-0.1, -0.05) is 78.4 Å². The molecule has 0 radical (unpaired) electrons. The standard InChI is InChI=1S/C36H40N2O11S/c1-25-14-16-30(17-15-25)50(43,44)48-24-35(23-45-21-28-10-6-4-7-11-28)36(18-19-46-27(3)39,47-22-29-12-8-5-9-13-29)31(40)33(49-35)38-20-26(2)32(41)37-34(38)42/h4-17,20,31,33,40H,18-19,21-24H2,1-3H3,(H,37,41,42)/t31-,33-,35+,36?/m1/s1. The number of carbonyl (C=O) groups is 1. The van der Waals surface area contributed by atoms with Crippen LogP contribution in [0.3, 0.4) is 0 Å². The summed E-state index contributed by atoms with van der Waals surface area (Å²) in [6, 6.07) is 24.2. The Balaban J connectivity index is 1.65. The summed E-state index contributed by atoms with van der Waals surface area (Å²) < 4.78 is 58.6. The molecule has 266 valence electrons. The molecule has 1 aliphatic rings. The van der Waals surface area contributed by atoms with Gasteiger partial charge in [-0.05, 0) is 37.1 Å². The van der Waals surface area contributed by atoms with E-state index < -0.39 is 64.1 Å². The SMILES string of the molecule is CC(=O)OCCC1(OCc2ccccc2)[C@H](O)[C@H](n2cc(C)c(=O)[nH]c2=O)O[C@@]1(COCc1ccccc1)COS(=O)(=O)c1ccc(C)cc1. The first kappa shape index (κ1) is 36.8. The van der Waals surface area contributed by atoms with Crippen LogP contribution in [0, 0.1) is 13.8 Å². The molecule has 50 heavy (non-hydrogen) atoms. The summed E-state index contributed by atoms with van der Waals surface area (Å²) in [6.45, 7) is 2.99. The number of ether oxygens (including phenoxy) is 4. The van der Waals surface area contributed by atoms with E-state index in [1.807, 2.05) is 43.3 Å². The third-order valence-corrected chi connectivity index (χ3v) is 9.88. The van der Waals surface area contributed by atoms with Crippen molar-refractivity contribution in [1.82, 2.24) is 9.55 Å². The summed E-state index contributed by atoms with van der Waals surface area (Å²) >= 11 is 0. The van der Waals surface area contributed by atoms with Gasteiger partial charge < -0.3 is 24.1 Å². The van der Waals surface area contributed by atoms with Gasteiger partial charge in [0.15, 0.2) is 11.8 Å². The summed E-state index contributed by atoms with van der Waals surface area (Å²) in [5.41, 5.74) is -2.98. The molecule has 1 aliphatic heterocycles. The number of aromatic nitrogens is 2. The number of hydrogen-bond donors (Lipinski definition) is 2. The van der Waals surface area contributed by atoms with Crippen molar-refractivity contribution in [2.45, 2.75) is 68.8 Å². The van der Waals surface area contributed by atoms with Gasteiger partial charge >= 0.3 is 11.7 Å². The highest BCUT2D eigenvalue weighted by atomic mass is 32.2. The summed E-state index contributed by atoms with van der Waals surface area (Å²) in [5, 5.41) is 12.3. The van der Waals surface area contributed by atoms with Crippen molar-refractivity contribution in [2.24, 2.45) is 0 Å². The van der Waals surface area contributed by atoms with Crippen LogP contribution in [-0.2, 0) is 51.3 Å². The number of H-pyrrole nitrogens is 1. The first-order valence-corrected chi connectivity index (χ1v) is 17.3. The predicted octanol–water partition coefficient (Wildman–Crippen LogP) is 3.31. The molecule has 1 aromatic heterocycles. The number of aromatic amines is 1. The fraction of sp³-hybridized carbons (Fsp3) is 0.361. The highest BCUT2D eigenvalue weighted by molar-refractivity contribution is 7.86. The van der Waals surface area contributed by atoms with E-state index in [0.717, 1.165) is 15.7 Å². The minimum absolute atomic E-state index is 0.0495. The number of nitrogens with zero attached hydrogens (tertiary/aromatic N) is 1. The van der Waals surface area contributed by atoms with E-state index in [9.17, 15) is 27.9 Å². The molecular weight excluding hydrogens is 668 g/mol. The average Bonchev–Trinajstić information content (AvgIpc) is 3.32. The third kappa shape index (κ3) is 8.12. The number of aliphatic hydroxyl groups excluding tert-OH is 1. The maximum Gasteiger partial charge on any atom is 0.330 e. The Morgan fingerprint density at radius 1 is 0.920 bits per heavy atom. The van der Waals surface area contributed by atoms with Gasteiger partial charge in [-0.25, -0.2) is 4.79 Å². The number of carbonyl (C=O) groups excluding carboxylic acids is 1.